The summed E-state index contributed by atoms with van der Waals surface area (Å²) >= 11 is 1.68. The number of aliphatic hydroxyl groups is 1. The molecule has 0 radical (unpaired) electrons. The molecule has 36 heavy (non-hydrogen) atoms. The van der Waals surface area contributed by atoms with Gasteiger partial charge in [-0.3, -0.25) is 14.4 Å². The molecule has 1 spiro atoms. The molecule has 8 heteroatoms. The predicted molar refractivity (Wildman–Crippen MR) is 145 cm³/mol. The summed E-state index contributed by atoms with van der Waals surface area (Å²) in [7, 11) is 0. The monoisotopic (exact) mass is 519 g/mol. The topological polar surface area (TPSA) is 81.2 Å². The molecule has 1 N–H and O–H groups in total. The van der Waals surface area contributed by atoms with E-state index in [9.17, 15) is 19.5 Å². The third kappa shape index (κ3) is 4.53. The molecule has 0 saturated carbocycles. The Bertz CT molecular complexity index is 881. The molecule has 3 aliphatic heterocycles. The van der Waals surface area contributed by atoms with Crippen LogP contribution in [0.25, 0.3) is 0 Å². The first-order valence-corrected chi connectivity index (χ1v) is 14.3. The zero-order valence-electron chi connectivity index (χ0n) is 22.7. The van der Waals surface area contributed by atoms with Gasteiger partial charge in [-0.05, 0) is 46.5 Å². The van der Waals surface area contributed by atoms with E-state index in [2.05, 4.69) is 27.0 Å². The van der Waals surface area contributed by atoms with Crippen LogP contribution in [-0.2, 0) is 14.4 Å². The molecule has 3 unspecified atom stereocenters. The van der Waals surface area contributed by atoms with Crippen molar-refractivity contribution >= 4 is 29.5 Å². The van der Waals surface area contributed by atoms with Crippen LogP contribution < -0.4 is 0 Å². The number of amides is 3. The number of fused-ring (bicyclic) bond motifs is 1. The summed E-state index contributed by atoms with van der Waals surface area (Å²) in [5, 5.41) is 10.1. The summed E-state index contributed by atoms with van der Waals surface area (Å²) in [6.45, 7) is 19.0. The van der Waals surface area contributed by atoms with E-state index in [1.807, 2.05) is 23.6 Å². The van der Waals surface area contributed by atoms with Gasteiger partial charge in [0.25, 0.3) is 0 Å². The maximum Gasteiger partial charge on any atom is 0.247 e. The number of hydrogen-bond acceptors (Lipinski definition) is 5. The van der Waals surface area contributed by atoms with Gasteiger partial charge in [0, 0.05) is 30.4 Å². The van der Waals surface area contributed by atoms with E-state index < -0.39 is 33.4 Å². The number of hydrogen-bond donors (Lipinski definition) is 1. The van der Waals surface area contributed by atoms with Gasteiger partial charge in [-0.1, -0.05) is 32.4 Å². The smallest absolute Gasteiger partial charge is 0.247 e. The Kier molecular flexibility index (Phi) is 9.03. The lowest BCUT2D eigenvalue weighted by Crippen LogP contribution is -2.58. The molecule has 0 aromatic carbocycles. The minimum Gasteiger partial charge on any atom is -0.394 e. The molecule has 7 atom stereocenters. The second-order valence-corrected chi connectivity index (χ2v) is 12.9. The zero-order valence-corrected chi connectivity index (χ0v) is 23.6. The van der Waals surface area contributed by atoms with Gasteiger partial charge in [-0.2, -0.15) is 0 Å². The summed E-state index contributed by atoms with van der Waals surface area (Å²) in [6.07, 6.45) is 7.57. The first-order valence-electron chi connectivity index (χ1n) is 13.5. The van der Waals surface area contributed by atoms with E-state index in [0.717, 1.165) is 25.7 Å². The Morgan fingerprint density at radius 3 is 2.39 bits per heavy atom. The van der Waals surface area contributed by atoms with Crippen molar-refractivity contribution in [3.8, 4) is 0 Å². The van der Waals surface area contributed by atoms with Crippen LogP contribution in [-0.4, -0.2) is 91.4 Å². The standard InChI is InChI=1S/C28H45N3O4S/c1-8-12-19(5)30(17-11-4)26(35)23-28-14-13-27(7,36-28)21(24(33)29(15-9-2)16-10-3)22(28)25(34)31(23)20(6)18-32/h9,11,19-23,32H,2,4,8,10,12-18H2,1,3,5-7H3/t19?,20-,21+,22+,23?,27-,28?/m1/s1. The van der Waals surface area contributed by atoms with E-state index >= 15 is 0 Å². The molecule has 202 valence electrons. The van der Waals surface area contributed by atoms with Gasteiger partial charge in [-0.15, -0.1) is 24.9 Å². The molecule has 3 heterocycles. The van der Waals surface area contributed by atoms with Crippen LogP contribution in [0.4, 0.5) is 0 Å². The SMILES string of the molecule is C=CCN(CCC)C(=O)[C@@H]1[C@H]2C(=O)N([C@H](C)CO)C(C(=O)N(CC=C)C(C)CCC)C23CC[C@@]1(C)S3. The van der Waals surface area contributed by atoms with Gasteiger partial charge in [0.15, 0.2) is 0 Å². The average Bonchev–Trinajstić information content (AvgIpc) is 3.42. The lowest BCUT2D eigenvalue weighted by molar-refractivity contribution is -0.148. The molecular weight excluding hydrogens is 474 g/mol. The largest absolute Gasteiger partial charge is 0.394 e. The highest BCUT2D eigenvalue weighted by Crippen LogP contribution is 2.71. The Morgan fingerprint density at radius 2 is 1.83 bits per heavy atom. The lowest BCUT2D eigenvalue weighted by atomic mass is 9.66. The van der Waals surface area contributed by atoms with Crippen molar-refractivity contribution in [1.29, 1.82) is 0 Å². The second-order valence-electron chi connectivity index (χ2n) is 11.0. The maximum absolute atomic E-state index is 14.4. The minimum absolute atomic E-state index is 0.00147. The lowest BCUT2D eigenvalue weighted by Gasteiger charge is -2.40. The van der Waals surface area contributed by atoms with E-state index in [1.165, 1.54) is 0 Å². The molecule has 3 amide bonds. The Labute approximate surface area is 221 Å². The van der Waals surface area contributed by atoms with Gasteiger partial charge in [0.05, 0.1) is 29.2 Å². The number of aliphatic hydroxyl groups excluding tert-OH is 1. The highest BCUT2D eigenvalue weighted by Gasteiger charge is 2.77. The van der Waals surface area contributed by atoms with E-state index in [-0.39, 0.29) is 30.4 Å². The van der Waals surface area contributed by atoms with Crippen LogP contribution in [0, 0.1) is 11.8 Å². The normalized spacial score (nSPS) is 32.2. The number of carbonyl (C=O) groups excluding carboxylic acids is 3. The fraction of sp³-hybridized carbons (Fsp3) is 0.750. The van der Waals surface area contributed by atoms with E-state index in [1.54, 1.807) is 35.7 Å². The van der Waals surface area contributed by atoms with Crippen molar-refractivity contribution in [2.24, 2.45) is 11.8 Å². The summed E-state index contributed by atoms with van der Waals surface area (Å²) in [4.78, 5) is 47.8. The van der Waals surface area contributed by atoms with Crippen molar-refractivity contribution in [1.82, 2.24) is 14.7 Å². The van der Waals surface area contributed by atoms with Crippen LogP contribution in [0.5, 0.6) is 0 Å². The summed E-state index contributed by atoms with van der Waals surface area (Å²) in [6, 6.07) is -1.22. The van der Waals surface area contributed by atoms with Crippen LogP contribution in [0.3, 0.4) is 0 Å². The molecule has 7 nitrogen and oxygen atoms in total. The highest BCUT2D eigenvalue weighted by molar-refractivity contribution is 8.02. The quantitative estimate of drug-likeness (QED) is 0.377. The fourth-order valence-electron chi connectivity index (χ4n) is 6.85. The van der Waals surface area contributed by atoms with Gasteiger partial charge in [0.2, 0.25) is 17.7 Å². The molecule has 3 saturated heterocycles. The number of carbonyl (C=O) groups is 3. The predicted octanol–water partition coefficient (Wildman–Crippen LogP) is 3.48. The first-order chi connectivity index (χ1) is 17.1. The molecule has 3 rings (SSSR count). The van der Waals surface area contributed by atoms with Crippen molar-refractivity contribution < 1.29 is 19.5 Å². The molecule has 0 aliphatic carbocycles. The van der Waals surface area contributed by atoms with E-state index in [4.69, 9.17) is 0 Å². The fourth-order valence-corrected chi connectivity index (χ4v) is 9.18. The van der Waals surface area contributed by atoms with Gasteiger partial charge in [-0.25, -0.2) is 0 Å². The Hall–Kier alpha value is -1.80. The zero-order chi connectivity index (χ0) is 26.8. The van der Waals surface area contributed by atoms with E-state index in [0.29, 0.717) is 26.1 Å². The Morgan fingerprint density at radius 1 is 1.17 bits per heavy atom. The molecule has 0 aromatic rings. The minimum atomic E-state index is -0.708. The summed E-state index contributed by atoms with van der Waals surface area (Å²) in [5.74, 6) is -1.34. The highest BCUT2D eigenvalue weighted by atomic mass is 32.2. The van der Waals surface area contributed by atoms with Gasteiger partial charge in [0.1, 0.15) is 6.04 Å². The van der Waals surface area contributed by atoms with Crippen LogP contribution in [0.15, 0.2) is 25.3 Å². The molecule has 3 fully saturated rings. The third-order valence-electron chi connectivity index (χ3n) is 8.46. The van der Waals surface area contributed by atoms with Crippen molar-refractivity contribution in [2.75, 3.05) is 26.2 Å². The van der Waals surface area contributed by atoms with Crippen molar-refractivity contribution in [2.45, 2.75) is 94.3 Å². The molecule has 0 aromatic heterocycles. The average molecular weight is 520 g/mol. The number of likely N-dealkylation sites (tertiary alicyclic amines) is 1. The Balaban J connectivity index is 2.11. The number of nitrogens with zero attached hydrogens (tertiary/aromatic N) is 3. The van der Waals surface area contributed by atoms with Crippen LogP contribution in [0.2, 0.25) is 0 Å². The van der Waals surface area contributed by atoms with Crippen LogP contribution in [0.1, 0.15) is 66.7 Å². The second kappa shape index (κ2) is 11.3. The van der Waals surface area contributed by atoms with Crippen LogP contribution >= 0.6 is 11.8 Å². The number of rotatable bonds is 13. The van der Waals surface area contributed by atoms with Gasteiger partial charge >= 0.3 is 0 Å². The summed E-state index contributed by atoms with van der Waals surface area (Å²) < 4.78 is -1.08. The summed E-state index contributed by atoms with van der Waals surface area (Å²) in [5.41, 5.74) is 0. The molecule has 2 bridgehead atoms. The molecule has 3 aliphatic rings. The van der Waals surface area contributed by atoms with Crippen molar-refractivity contribution in [3.05, 3.63) is 25.3 Å². The third-order valence-corrected chi connectivity index (χ3v) is 10.4. The van der Waals surface area contributed by atoms with Crippen molar-refractivity contribution in [3.63, 3.8) is 0 Å². The number of thioether (sulfide) groups is 1. The molecular formula is C28H45N3O4S. The maximum atomic E-state index is 14.4. The van der Waals surface area contributed by atoms with Gasteiger partial charge < -0.3 is 19.8 Å². The first kappa shape index (κ1) is 28.8.